The van der Waals surface area contributed by atoms with Crippen LogP contribution in [0.2, 0.25) is 10.0 Å². The third-order valence-electron chi connectivity index (χ3n) is 7.29. The molecule has 3 heterocycles. The van der Waals surface area contributed by atoms with Gasteiger partial charge in [-0.05, 0) is 59.7 Å². The van der Waals surface area contributed by atoms with E-state index in [0.717, 1.165) is 39.3 Å². The van der Waals surface area contributed by atoms with Crippen LogP contribution in [0.25, 0.3) is 11.8 Å². The molecule has 2 aromatic heterocycles. The predicted octanol–water partition coefficient (Wildman–Crippen LogP) is 7.27. The maximum Gasteiger partial charge on any atom is 0.271 e. The quantitative estimate of drug-likeness (QED) is 0.213. The SMILES string of the molecule is O=c1c(=Cc2ccccc2OCc2ccc(Cl)cc2Cl)sc2n1C(c1cccs1)C1=C(N=2)c2ccccc2CC1. The third-order valence-corrected chi connectivity index (χ3v) is 9.78. The summed E-state index contributed by atoms with van der Waals surface area (Å²) in [5, 5.41) is 3.20. The van der Waals surface area contributed by atoms with E-state index in [0.29, 0.717) is 20.3 Å². The molecule has 5 aromatic rings. The molecule has 3 aromatic carbocycles. The maximum absolute atomic E-state index is 14.0. The number of allylic oxidation sites excluding steroid dienone is 1. The van der Waals surface area contributed by atoms with E-state index in [2.05, 4.69) is 35.7 Å². The van der Waals surface area contributed by atoms with Crippen molar-refractivity contribution in [3.63, 3.8) is 0 Å². The topological polar surface area (TPSA) is 43.6 Å². The zero-order valence-corrected chi connectivity index (χ0v) is 24.3. The summed E-state index contributed by atoms with van der Waals surface area (Å²) in [7, 11) is 0. The number of thiophene rings is 1. The predicted molar refractivity (Wildman–Crippen MR) is 164 cm³/mol. The molecule has 198 valence electrons. The van der Waals surface area contributed by atoms with E-state index in [4.69, 9.17) is 32.9 Å². The van der Waals surface area contributed by atoms with Crippen molar-refractivity contribution in [2.24, 2.45) is 4.99 Å². The Morgan fingerprint density at radius 1 is 1.00 bits per heavy atom. The van der Waals surface area contributed by atoms with E-state index in [1.54, 1.807) is 23.5 Å². The molecule has 0 radical (unpaired) electrons. The largest absolute Gasteiger partial charge is 0.488 e. The molecule has 0 fully saturated rings. The standard InChI is InChI=1S/C32H22Cl2N2O2S2/c33-22-13-11-21(25(34)17-22)18-38-26-9-4-2-7-20(26)16-28-31(37)36-30(27-10-5-15-39-27)24-14-12-19-6-1-3-8-23(19)29(24)35-32(36)40-28/h1-11,13,15-17,30H,12,14,18H2. The van der Waals surface area contributed by atoms with E-state index >= 15 is 0 Å². The molecule has 0 spiro atoms. The number of rotatable bonds is 5. The van der Waals surface area contributed by atoms with Crippen LogP contribution >= 0.6 is 45.9 Å². The van der Waals surface area contributed by atoms with Gasteiger partial charge in [0, 0.05) is 31.6 Å². The Bertz CT molecular complexity index is 1970. The second-order valence-electron chi connectivity index (χ2n) is 9.69. The summed E-state index contributed by atoms with van der Waals surface area (Å²) in [5.74, 6) is 0.669. The number of hydrogen-bond acceptors (Lipinski definition) is 5. The first-order chi connectivity index (χ1) is 19.6. The zero-order chi connectivity index (χ0) is 27.2. The Hall–Kier alpha value is -3.42. The number of aryl methyl sites for hydroxylation is 1. The lowest BCUT2D eigenvalue weighted by Gasteiger charge is -2.30. The molecule has 40 heavy (non-hydrogen) atoms. The van der Waals surface area contributed by atoms with Crippen molar-refractivity contribution >= 4 is 57.6 Å². The van der Waals surface area contributed by atoms with Crippen LogP contribution in [-0.2, 0) is 13.0 Å². The van der Waals surface area contributed by atoms with Gasteiger partial charge in [0.25, 0.3) is 5.56 Å². The van der Waals surface area contributed by atoms with Crippen molar-refractivity contribution < 1.29 is 4.74 Å². The number of ether oxygens (including phenoxy) is 1. The third kappa shape index (κ3) is 4.55. The first kappa shape index (κ1) is 25.5. The second kappa shape index (κ2) is 10.5. The molecule has 2 aliphatic rings. The highest BCUT2D eigenvalue weighted by Crippen LogP contribution is 2.42. The molecule has 0 saturated heterocycles. The van der Waals surface area contributed by atoms with Crippen LogP contribution in [0.5, 0.6) is 5.75 Å². The molecule has 1 atom stereocenters. The summed E-state index contributed by atoms with van der Waals surface area (Å²) in [6.45, 7) is 0.284. The highest BCUT2D eigenvalue weighted by molar-refractivity contribution is 7.10. The highest BCUT2D eigenvalue weighted by Gasteiger charge is 2.33. The number of halogens is 2. The fourth-order valence-corrected chi connectivity index (χ4v) is 7.69. The van der Waals surface area contributed by atoms with Gasteiger partial charge >= 0.3 is 0 Å². The number of thiazole rings is 1. The first-order valence-electron chi connectivity index (χ1n) is 12.9. The summed E-state index contributed by atoms with van der Waals surface area (Å²) >= 11 is 15.5. The van der Waals surface area contributed by atoms with Crippen molar-refractivity contribution in [1.29, 1.82) is 0 Å². The summed E-state index contributed by atoms with van der Waals surface area (Å²) in [5.41, 5.74) is 6.31. The van der Waals surface area contributed by atoms with Crippen LogP contribution in [0, 0.1) is 0 Å². The van der Waals surface area contributed by atoms with Gasteiger partial charge in [0.05, 0.1) is 16.3 Å². The van der Waals surface area contributed by atoms with Gasteiger partial charge in [-0.25, -0.2) is 4.99 Å². The fraction of sp³-hybridized carbons (Fsp3) is 0.125. The molecule has 0 amide bonds. The molecule has 7 rings (SSSR count). The van der Waals surface area contributed by atoms with Crippen molar-refractivity contribution in [2.75, 3.05) is 0 Å². The van der Waals surface area contributed by atoms with Gasteiger partial charge in [-0.3, -0.25) is 9.36 Å². The Labute approximate surface area is 248 Å². The van der Waals surface area contributed by atoms with Crippen LogP contribution < -0.4 is 19.6 Å². The number of aromatic nitrogens is 1. The number of nitrogens with zero attached hydrogens (tertiary/aromatic N) is 2. The normalized spacial score (nSPS) is 16.2. The minimum Gasteiger partial charge on any atom is -0.488 e. The number of fused-ring (bicyclic) bond motifs is 3. The van der Waals surface area contributed by atoms with Gasteiger partial charge in [-0.15, -0.1) is 11.3 Å². The van der Waals surface area contributed by atoms with E-state index in [-0.39, 0.29) is 18.2 Å². The van der Waals surface area contributed by atoms with Gasteiger partial charge in [-0.1, -0.05) is 89.1 Å². The van der Waals surface area contributed by atoms with Crippen molar-refractivity contribution in [2.45, 2.75) is 25.5 Å². The molecule has 0 N–H and O–H groups in total. The average Bonchev–Trinajstić information content (AvgIpc) is 3.60. The lowest BCUT2D eigenvalue weighted by Crippen LogP contribution is -2.38. The smallest absolute Gasteiger partial charge is 0.271 e. The van der Waals surface area contributed by atoms with E-state index in [9.17, 15) is 4.79 Å². The monoisotopic (exact) mass is 600 g/mol. The molecule has 4 nitrogen and oxygen atoms in total. The number of para-hydroxylation sites is 1. The maximum atomic E-state index is 14.0. The first-order valence-corrected chi connectivity index (χ1v) is 15.3. The van der Waals surface area contributed by atoms with Gasteiger partial charge in [0.2, 0.25) is 0 Å². The van der Waals surface area contributed by atoms with Crippen molar-refractivity contribution in [3.05, 3.63) is 147 Å². The fourth-order valence-electron chi connectivity index (χ4n) is 5.38. The lowest BCUT2D eigenvalue weighted by molar-refractivity contribution is 0.305. The minimum absolute atomic E-state index is 0.0388. The van der Waals surface area contributed by atoms with Crippen LogP contribution in [-0.4, -0.2) is 4.57 Å². The minimum atomic E-state index is -0.153. The molecular formula is C32H22Cl2N2O2S2. The Balaban J connectivity index is 1.33. The van der Waals surface area contributed by atoms with E-state index in [1.165, 1.54) is 28.0 Å². The van der Waals surface area contributed by atoms with Gasteiger partial charge in [0.1, 0.15) is 12.4 Å². The molecule has 1 aliphatic carbocycles. The summed E-state index contributed by atoms with van der Waals surface area (Å²) in [6, 6.07) is 25.5. The summed E-state index contributed by atoms with van der Waals surface area (Å²) in [6.07, 6.45) is 3.73. The van der Waals surface area contributed by atoms with Gasteiger partial charge in [0.15, 0.2) is 4.80 Å². The van der Waals surface area contributed by atoms with Crippen LogP contribution in [0.1, 0.15) is 39.6 Å². The Morgan fingerprint density at radius 2 is 1.85 bits per heavy atom. The molecule has 8 heteroatoms. The summed E-state index contributed by atoms with van der Waals surface area (Å²) in [4.78, 5) is 21.0. The van der Waals surface area contributed by atoms with E-state index < -0.39 is 0 Å². The zero-order valence-electron chi connectivity index (χ0n) is 21.1. The summed E-state index contributed by atoms with van der Waals surface area (Å²) < 4.78 is 8.66. The number of benzene rings is 3. The van der Waals surface area contributed by atoms with E-state index in [1.807, 2.05) is 47.0 Å². The van der Waals surface area contributed by atoms with Crippen LogP contribution in [0.15, 0.2) is 99.6 Å². The Morgan fingerprint density at radius 3 is 2.70 bits per heavy atom. The van der Waals surface area contributed by atoms with Crippen molar-refractivity contribution in [3.8, 4) is 5.75 Å². The van der Waals surface area contributed by atoms with Gasteiger partial charge < -0.3 is 4.74 Å². The van der Waals surface area contributed by atoms with Gasteiger partial charge in [-0.2, -0.15) is 0 Å². The molecule has 1 unspecified atom stereocenters. The average molecular weight is 602 g/mol. The molecule has 0 bridgehead atoms. The van der Waals surface area contributed by atoms with Crippen molar-refractivity contribution in [1.82, 2.24) is 4.57 Å². The van der Waals surface area contributed by atoms with Crippen LogP contribution in [0.4, 0.5) is 0 Å². The molecule has 0 saturated carbocycles. The second-order valence-corrected chi connectivity index (χ2v) is 12.5. The Kier molecular flexibility index (Phi) is 6.72. The lowest BCUT2D eigenvalue weighted by atomic mass is 9.85. The number of hydrogen-bond donors (Lipinski definition) is 0. The van der Waals surface area contributed by atoms with Crippen LogP contribution in [0.3, 0.4) is 0 Å². The molecular weight excluding hydrogens is 579 g/mol. The highest BCUT2D eigenvalue weighted by atomic mass is 35.5. The molecule has 1 aliphatic heterocycles.